The Morgan fingerprint density at radius 2 is 2.26 bits per heavy atom. The summed E-state index contributed by atoms with van der Waals surface area (Å²) in [7, 11) is 0. The van der Waals surface area contributed by atoms with Crippen LogP contribution >= 0.6 is 11.8 Å². The van der Waals surface area contributed by atoms with E-state index in [0.717, 1.165) is 0 Å². The molecule has 0 aliphatic heterocycles. The molecular formula is C12H17F2NO3S. The summed E-state index contributed by atoms with van der Waals surface area (Å²) >= 11 is 0.448. The largest absolute Gasteiger partial charge is 0.455 e. The van der Waals surface area contributed by atoms with Crippen LogP contribution in [0.4, 0.5) is 8.78 Å². The van der Waals surface area contributed by atoms with Crippen LogP contribution in [0.25, 0.3) is 0 Å². The fourth-order valence-electron chi connectivity index (χ4n) is 1.41. The van der Waals surface area contributed by atoms with Crippen LogP contribution in [-0.4, -0.2) is 29.4 Å². The van der Waals surface area contributed by atoms with Gasteiger partial charge in [0, 0.05) is 6.54 Å². The van der Waals surface area contributed by atoms with E-state index < -0.39 is 11.9 Å². The Kier molecular flexibility index (Phi) is 6.86. The number of aliphatic hydroxyl groups is 1. The number of carbonyl (C=O) groups is 1. The molecular weight excluding hydrogens is 276 g/mol. The van der Waals surface area contributed by atoms with Gasteiger partial charge < -0.3 is 14.8 Å². The Morgan fingerprint density at radius 3 is 2.89 bits per heavy atom. The molecule has 1 amide bonds. The van der Waals surface area contributed by atoms with Gasteiger partial charge in [0.05, 0.1) is 11.9 Å². The van der Waals surface area contributed by atoms with Crippen LogP contribution in [0.3, 0.4) is 0 Å². The number of hydrogen-bond donors (Lipinski definition) is 2. The highest BCUT2D eigenvalue weighted by Gasteiger charge is 2.12. The Hall–Kier alpha value is -1.08. The molecule has 1 unspecified atom stereocenters. The zero-order valence-electron chi connectivity index (χ0n) is 10.6. The lowest BCUT2D eigenvalue weighted by Crippen LogP contribution is -2.24. The van der Waals surface area contributed by atoms with E-state index in [1.807, 2.05) is 0 Å². The summed E-state index contributed by atoms with van der Waals surface area (Å²) in [4.78, 5) is 11.6. The molecule has 0 saturated carbocycles. The molecule has 0 spiro atoms. The summed E-state index contributed by atoms with van der Waals surface area (Å²) in [5.41, 5.74) is 0. The SMILES string of the molecule is CC(O)CCCNC(=O)c1ccc(CSC(F)F)o1. The quantitative estimate of drug-likeness (QED) is 0.723. The van der Waals surface area contributed by atoms with E-state index in [2.05, 4.69) is 5.32 Å². The summed E-state index contributed by atoms with van der Waals surface area (Å²) in [6, 6.07) is 2.98. The van der Waals surface area contributed by atoms with Gasteiger partial charge in [-0.2, -0.15) is 8.78 Å². The van der Waals surface area contributed by atoms with E-state index in [0.29, 0.717) is 36.9 Å². The monoisotopic (exact) mass is 293 g/mol. The van der Waals surface area contributed by atoms with Crippen molar-refractivity contribution >= 4 is 17.7 Å². The number of carbonyl (C=O) groups excluding carboxylic acids is 1. The number of rotatable bonds is 8. The van der Waals surface area contributed by atoms with Crippen molar-refractivity contribution < 1.29 is 23.1 Å². The number of furan rings is 1. The maximum Gasteiger partial charge on any atom is 0.286 e. The molecule has 0 aliphatic carbocycles. The second-order valence-electron chi connectivity index (χ2n) is 4.08. The lowest BCUT2D eigenvalue weighted by atomic mass is 10.2. The van der Waals surface area contributed by atoms with Crippen molar-refractivity contribution in [2.24, 2.45) is 0 Å². The second-order valence-corrected chi connectivity index (χ2v) is 5.06. The fourth-order valence-corrected chi connectivity index (χ4v) is 1.85. The van der Waals surface area contributed by atoms with Crippen molar-refractivity contribution in [1.82, 2.24) is 5.32 Å². The van der Waals surface area contributed by atoms with Crippen LogP contribution in [0.2, 0.25) is 0 Å². The van der Waals surface area contributed by atoms with Crippen molar-refractivity contribution in [2.75, 3.05) is 6.54 Å². The molecule has 1 heterocycles. The van der Waals surface area contributed by atoms with Crippen molar-refractivity contribution in [2.45, 2.75) is 37.4 Å². The third-order valence-electron chi connectivity index (χ3n) is 2.32. The Morgan fingerprint density at radius 1 is 1.53 bits per heavy atom. The number of alkyl halides is 2. The standard InChI is InChI=1S/C12H17F2NO3S/c1-8(16)3-2-6-15-11(17)10-5-4-9(18-10)7-19-12(13)14/h4-5,8,12,16H,2-3,6-7H2,1H3,(H,15,17). The van der Waals surface area contributed by atoms with Gasteiger partial charge in [0.2, 0.25) is 0 Å². The molecule has 108 valence electrons. The molecule has 1 atom stereocenters. The third kappa shape index (κ3) is 6.58. The number of thioether (sulfide) groups is 1. The van der Waals surface area contributed by atoms with Crippen LogP contribution in [0, 0.1) is 0 Å². The van der Waals surface area contributed by atoms with Crippen molar-refractivity contribution in [3.63, 3.8) is 0 Å². The lowest BCUT2D eigenvalue weighted by Gasteiger charge is -2.04. The molecule has 4 nitrogen and oxygen atoms in total. The molecule has 0 saturated heterocycles. The first-order chi connectivity index (χ1) is 8.99. The van der Waals surface area contributed by atoms with Crippen LogP contribution in [-0.2, 0) is 5.75 Å². The summed E-state index contributed by atoms with van der Waals surface area (Å²) in [6.07, 6.45) is 0.880. The van der Waals surface area contributed by atoms with Gasteiger partial charge >= 0.3 is 0 Å². The maximum atomic E-state index is 12.0. The molecule has 1 aromatic rings. The van der Waals surface area contributed by atoms with Gasteiger partial charge in [-0.15, -0.1) is 0 Å². The van der Waals surface area contributed by atoms with Crippen molar-refractivity contribution in [3.8, 4) is 0 Å². The van der Waals surface area contributed by atoms with Gasteiger partial charge in [-0.1, -0.05) is 11.8 Å². The van der Waals surface area contributed by atoms with Gasteiger partial charge in [-0.3, -0.25) is 4.79 Å². The van der Waals surface area contributed by atoms with Crippen molar-refractivity contribution in [3.05, 3.63) is 23.7 Å². The average molecular weight is 293 g/mol. The number of halogens is 2. The van der Waals surface area contributed by atoms with Crippen molar-refractivity contribution in [1.29, 1.82) is 0 Å². The first-order valence-electron chi connectivity index (χ1n) is 5.93. The van der Waals surface area contributed by atoms with Gasteiger partial charge in [0.1, 0.15) is 5.76 Å². The molecule has 1 aromatic heterocycles. The van der Waals surface area contributed by atoms with Gasteiger partial charge in [-0.25, -0.2) is 0 Å². The smallest absolute Gasteiger partial charge is 0.286 e. The van der Waals surface area contributed by atoms with Gasteiger partial charge in [0.25, 0.3) is 11.7 Å². The maximum absolute atomic E-state index is 12.0. The highest BCUT2D eigenvalue weighted by Crippen LogP contribution is 2.21. The average Bonchev–Trinajstić information content (AvgIpc) is 2.80. The normalized spacial score (nSPS) is 12.7. The highest BCUT2D eigenvalue weighted by molar-refractivity contribution is 7.98. The van der Waals surface area contributed by atoms with Crippen LogP contribution in [0.5, 0.6) is 0 Å². The molecule has 0 fully saturated rings. The summed E-state index contributed by atoms with van der Waals surface area (Å²) in [6.45, 7) is 2.12. The van der Waals surface area contributed by atoms with E-state index in [4.69, 9.17) is 9.52 Å². The molecule has 19 heavy (non-hydrogen) atoms. The number of hydrogen-bond acceptors (Lipinski definition) is 4. The molecule has 0 radical (unpaired) electrons. The van der Waals surface area contributed by atoms with Gasteiger partial charge in [0.15, 0.2) is 5.76 Å². The molecule has 2 N–H and O–H groups in total. The first kappa shape index (κ1) is 16.0. The summed E-state index contributed by atoms with van der Waals surface area (Å²) < 4.78 is 29.1. The number of aliphatic hydroxyl groups excluding tert-OH is 1. The zero-order chi connectivity index (χ0) is 14.3. The van der Waals surface area contributed by atoms with E-state index in [-0.39, 0.29) is 17.4 Å². The molecule has 0 bridgehead atoms. The summed E-state index contributed by atoms with van der Waals surface area (Å²) in [5, 5.41) is 11.7. The number of nitrogens with one attached hydrogen (secondary N) is 1. The Labute approximate surface area is 114 Å². The molecule has 7 heteroatoms. The Bertz CT molecular complexity index is 396. The topological polar surface area (TPSA) is 62.5 Å². The predicted octanol–water partition coefficient (Wildman–Crippen LogP) is 2.63. The first-order valence-corrected chi connectivity index (χ1v) is 6.98. The van der Waals surface area contributed by atoms with Crippen LogP contribution < -0.4 is 5.32 Å². The minimum atomic E-state index is -2.46. The zero-order valence-corrected chi connectivity index (χ0v) is 11.4. The van der Waals surface area contributed by atoms with Gasteiger partial charge in [-0.05, 0) is 31.9 Å². The predicted molar refractivity (Wildman–Crippen MR) is 69.3 cm³/mol. The Balaban J connectivity index is 2.32. The minimum absolute atomic E-state index is 0.0347. The summed E-state index contributed by atoms with van der Waals surface area (Å²) in [5.74, 6) is -2.34. The van der Waals surface area contributed by atoms with E-state index in [1.54, 1.807) is 6.92 Å². The molecule has 1 rings (SSSR count). The molecule has 0 aromatic carbocycles. The second kappa shape index (κ2) is 8.16. The fraction of sp³-hybridized carbons (Fsp3) is 0.583. The minimum Gasteiger partial charge on any atom is -0.455 e. The molecule has 0 aliphatic rings. The van der Waals surface area contributed by atoms with Crippen LogP contribution in [0.15, 0.2) is 16.5 Å². The van der Waals surface area contributed by atoms with E-state index in [9.17, 15) is 13.6 Å². The van der Waals surface area contributed by atoms with E-state index in [1.165, 1.54) is 12.1 Å². The lowest BCUT2D eigenvalue weighted by molar-refractivity contribution is 0.0920. The number of amides is 1. The third-order valence-corrected chi connectivity index (χ3v) is 3.02. The van der Waals surface area contributed by atoms with Crippen LogP contribution in [0.1, 0.15) is 36.1 Å². The highest BCUT2D eigenvalue weighted by atomic mass is 32.2. The van der Waals surface area contributed by atoms with E-state index >= 15 is 0 Å².